The predicted octanol–water partition coefficient (Wildman–Crippen LogP) is 20.2. The number of esters is 4. The van der Waals surface area contributed by atoms with E-state index in [0.717, 1.165) is 114 Å². The first-order valence-corrected chi connectivity index (χ1v) is 39.9. The monoisotopic (exact) mass is 1320 g/mol. The zero-order chi connectivity index (χ0) is 66.6. The number of phosphoric acid groups is 2. The molecule has 0 saturated heterocycles. The standard InChI is InChI=1S/C71H138O17P2/c1-8-10-11-35-45-52-68(73)81-58-66(87-71(76)55-48-41-34-28-27-30-37-43-50-63(5)6)60-85-89(77,78)83-56-65(72)57-84-90(79,80)86-61-67(59-82-69(74)53-46-39-32-25-21-18-14-15-19-23-29-36-42-49-62(3)4)88-70(75)54-47-40-33-26-22-17-13-12-16-20-24-31-38-44-51-64(7)9-2/h62-67,72H,8-61H2,1-7H3,(H,77,78)(H,79,80)/t64?,65-,66+,67+/m0/s1. The molecule has 3 unspecified atom stereocenters. The Hall–Kier alpha value is -1.94. The topological polar surface area (TPSA) is 237 Å². The Balaban J connectivity index is 5.16. The molecule has 3 N–H and O–H groups in total. The molecule has 17 nitrogen and oxygen atoms in total. The number of ether oxygens (including phenoxy) is 4. The lowest BCUT2D eigenvalue weighted by Gasteiger charge is -2.21. The second-order valence-electron chi connectivity index (χ2n) is 26.8. The maximum atomic E-state index is 13.0. The highest BCUT2D eigenvalue weighted by molar-refractivity contribution is 7.47. The fourth-order valence-corrected chi connectivity index (χ4v) is 12.3. The molecule has 0 fully saturated rings. The van der Waals surface area contributed by atoms with Crippen molar-refractivity contribution >= 4 is 39.5 Å². The molecule has 0 heterocycles. The van der Waals surface area contributed by atoms with Crippen molar-refractivity contribution in [2.45, 2.75) is 375 Å². The van der Waals surface area contributed by atoms with Crippen LogP contribution in [0.1, 0.15) is 357 Å². The third-order valence-corrected chi connectivity index (χ3v) is 18.6. The molecule has 0 aliphatic rings. The lowest BCUT2D eigenvalue weighted by atomic mass is 9.99. The Labute approximate surface area is 549 Å². The van der Waals surface area contributed by atoms with Gasteiger partial charge in [0.15, 0.2) is 12.2 Å². The minimum Gasteiger partial charge on any atom is -0.462 e. The second kappa shape index (κ2) is 61.9. The average molecular weight is 1330 g/mol. The highest BCUT2D eigenvalue weighted by atomic mass is 31.2. The summed E-state index contributed by atoms with van der Waals surface area (Å²) in [5.74, 6) is 0.219. The van der Waals surface area contributed by atoms with E-state index in [0.29, 0.717) is 25.7 Å². The molecule has 0 amide bonds. The fourth-order valence-electron chi connectivity index (χ4n) is 10.7. The maximum Gasteiger partial charge on any atom is 0.472 e. The van der Waals surface area contributed by atoms with E-state index in [1.54, 1.807) is 0 Å². The van der Waals surface area contributed by atoms with Crippen molar-refractivity contribution in [3.05, 3.63) is 0 Å². The van der Waals surface area contributed by atoms with Gasteiger partial charge in [-0.15, -0.1) is 0 Å². The van der Waals surface area contributed by atoms with Gasteiger partial charge in [-0.3, -0.25) is 37.3 Å². The van der Waals surface area contributed by atoms with Crippen LogP contribution < -0.4 is 0 Å². The zero-order valence-corrected chi connectivity index (χ0v) is 60.4. The van der Waals surface area contributed by atoms with E-state index in [-0.39, 0.29) is 25.7 Å². The van der Waals surface area contributed by atoms with Gasteiger partial charge in [0.25, 0.3) is 0 Å². The Morgan fingerprint density at radius 2 is 0.567 bits per heavy atom. The minimum atomic E-state index is -4.95. The third-order valence-electron chi connectivity index (χ3n) is 16.7. The van der Waals surface area contributed by atoms with Crippen molar-refractivity contribution in [3.63, 3.8) is 0 Å². The van der Waals surface area contributed by atoms with Gasteiger partial charge in [-0.25, -0.2) is 9.13 Å². The van der Waals surface area contributed by atoms with E-state index >= 15 is 0 Å². The van der Waals surface area contributed by atoms with Crippen LogP contribution in [0.3, 0.4) is 0 Å². The summed E-state index contributed by atoms with van der Waals surface area (Å²) in [4.78, 5) is 72.3. The predicted molar refractivity (Wildman–Crippen MR) is 363 cm³/mol. The van der Waals surface area contributed by atoms with Crippen LogP contribution in [0.15, 0.2) is 0 Å². The number of unbranched alkanes of at least 4 members (excludes halogenated alkanes) is 36. The quantitative estimate of drug-likeness (QED) is 0.0222. The van der Waals surface area contributed by atoms with Crippen LogP contribution in [0.2, 0.25) is 0 Å². The highest BCUT2D eigenvalue weighted by Crippen LogP contribution is 2.45. The molecule has 0 aliphatic carbocycles. The summed E-state index contributed by atoms with van der Waals surface area (Å²) >= 11 is 0. The Morgan fingerprint density at radius 1 is 0.322 bits per heavy atom. The normalized spacial score (nSPS) is 14.5. The average Bonchev–Trinajstić information content (AvgIpc) is 3.72. The number of aliphatic hydroxyl groups excluding tert-OH is 1. The van der Waals surface area contributed by atoms with E-state index in [9.17, 15) is 43.2 Å². The van der Waals surface area contributed by atoms with Crippen LogP contribution in [0.25, 0.3) is 0 Å². The van der Waals surface area contributed by atoms with Gasteiger partial charge < -0.3 is 33.8 Å². The fraction of sp³-hybridized carbons (Fsp3) is 0.944. The number of carbonyl (C=O) groups is 4. The molecule has 0 saturated carbocycles. The van der Waals surface area contributed by atoms with E-state index in [1.165, 1.54) is 161 Å². The Morgan fingerprint density at radius 3 is 0.844 bits per heavy atom. The van der Waals surface area contributed by atoms with E-state index in [2.05, 4.69) is 48.5 Å². The first-order valence-electron chi connectivity index (χ1n) is 36.9. The van der Waals surface area contributed by atoms with Gasteiger partial charge in [0, 0.05) is 25.7 Å². The first kappa shape index (κ1) is 88.1. The molecule has 0 bridgehead atoms. The molecule has 0 aromatic rings. The van der Waals surface area contributed by atoms with Gasteiger partial charge in [0.05, 0.1) is 26.4 Å². The van der Waals surface area contributed by atoms with Gasteiger partial charge in [0.1, 0.15) is 19.3 Å². The molecule has 90 heavy (non-hydrogen) atoms. The summed E-state index contributed by atoms with van der Waals surface area (Å²) in [6.07, 6.45) is 46.2. The molecule has 0 aliphatic heterocycles. The Bertz CT molecular complexity index is 1770. The van der Waals surface area contributed by atoms with Crippen molar-refractivity contribution in [1.29, 1.82) is 0 Å². The summed E-state index contributed by atoms with van der Waals surface area (Å²) in [5.41, 5.74) is 0. The number of phosphoric ester groups is 2. The van der Waals surface area contributed by atoms with Crippen molar-refractivity contribution in [3.8, 4) is 0 Å². The third kappa shape index (κ3) is 63.5. The minimum absolute atomic E-state index is 0.103. The molecule has 0 radical (unpaired) electrons. The lowest BCUT2D eigenvalue weighted by Crippen LogP contribution is -2.30. The Kier molecular flexibility index (Phi) is 60.6. The molecule has 0 rings (SSSR count). The second-order valence-corrected chi connectivity index (χ2v) is 29.7. The van der Waals surface area contributed by atoms with Crippen LogP contribution in [-0.4, -0.2) is 96.7 Å². The summed E-state index contributed by atoms with van der Waals surface area (Å²) in [6, 6.07) is 0. The number of aliphatic hydroxyl groups is 1. The first-order chi connectivity index (χ1) is 43.3. The largest absolute Gasteiger partial charge is 0.472 e. The van der Waals surface area contributed by atoms with E-state index in [1.807, 2.05) is 0 Å². The van der Waals surface area contributed by atoms with Gasteiger partial charge in [-0.05, 0) is 43.4 Å². The van der Waals surface area contributed by atoms with Crippen molar-refractivity contribution in [2.75, 3.05) is 39.6 Å². The van der Waals surface area contributed by atoms with Crippen LogP contribution >= 0.6 is 15.6 Å². The number of hydrogen-bond donors (Lipinski definition) is 3. The molecule has 6 atom stereocenters. The van der Waals surface area contributed by atoms with Crippen molar-refractivity contribution < 1.29 is 80.2 Å². The van der Waals surface area contributed by atoms with Gasteiger partial charge >= 0.3 is 39.5 Å². The molecule has 19 heteroatoms. The van der Waals surface area contributed by atoms with Crippen molar-refractivity contribution in [1.82, 2.24) is 0 Å². The summed E-state index contributed by atoms with van der Waals surface area (Å²) < 4.78 is 68.1. The SMILES string of the molecule is CCCCCCCC(=O)OC[C@H](COP(=O)(O)OC[C@H](O)COP(=O)(O)OC[C@@H](COC(=O)CCCCCCCCCCCCCCCC(C)C)OC(=O)CCCCCCCCCCCCCCCCC(C)CC)OC(=O)CCCCCCCCCCC(C)C. The van der Waals surface area contributed by atoms with Gasteiger partial charge in [0.2, 0.25) is 0 Å². The molecule has 0 aromatic carbocycles. The number of rotatable bonds is 69. The van der Waals surface area contributed by atoms with E-state index in [4.69, 9.17) is 37.0 Å². The van der Waals surface area contributed by atoms with E-state index < -0.39 is 97.5 Å². The van der Waals surface area contributed by atoms with Gasteiger partial charge in [-0.2, -0.15) is 0 Å². The van der Waals surface area contributed by atoms with Crippen LogP contribution in [-0.2, 0) is 65.4 Å². The molecular weight excluding hydrogens is 1190 g/mol. The number of hydrogen-bond acceptors (Lipinski definition) is 15. The molecule has 534 valence electrons. The molecule has 0 aromatic heterocycles. The number of carbonyl (C=O) groups excluding carboxylic acids is 4. The summed E-state index contributed by atoms with van der Waals surface area (Å²) in [7, 11) is -9.89. The molecular formula is C71H138O17P2. The summed E-state index contributed by atoms with van der Waals surface area (Å²) in [6.45, 7) is 11.8. The zero-order valence-electron chi connectivity index (χ0n) is 58.6. The summed E-state index contributed by atoms with van der Waals surface area (Å²) in [5, 5.41) is 10.6. The maximum absolute atomic E-state index is 13.0. The van der Waals surface area contributed by atoms with Crippen LogP contribution in [0, 0.1) is 17.8 Å². The van der Waals surface area contributed by atoms with Crippen LogP contribution in [0.4, 0.5) is 0 Å². The van der Waals surface area contributed by atoms with Crippen LogP contribution in [0.5, 0.6) is 0 Å². The lowest BCUT2D eigenvalue weighted by molar-refractivity contribution is -0.161. The molecule has 0 spiro atoms. The highest BCUT2D eigenvalue weighted by Gasteiger charge is 2.30. The van der Waals surface area contributed by atoms with Crippen molar-refractivity contribution in [2.24, 2.45) is 17.8 Å². The smallest absolute Gasteiger partial charge is 0.462 e. The van der Waals surface area contributed by atoms with Gasteiger partial charge in [-0.1, -0.05) is 305 Å².